The molecular formula is C22H32FN3O3. The van der Waals surface area contributed by atoms with E-state index in [9.17, 15) is 19.1 Å². The highest BCUT2D eigenvalue weighted by atomic mass is 19.1. The second kappa shape index (κ2) is 9.11. The molecule has 0 bridgehead atoms. The molecule has 2 fully saturated rings. The molecule has 2 atom stereocenters. The predicted molar refractivity (Wildman–Crippen MR) is 109 cm³/mol. The van der Waals surface area contributed by atoms with Crippen molar-refractivity contribution in [2.24, 2.45) is 5.92 Å². The molecule has 29 heavy (non-hydrogen) atoms. The van der Waals surface area contributed by atoms with Gasteiger partial charge in [-0.15, -0.1) is 0 Å². The van der Waals surface area contributed by atoms with Gasteiger partial charge >= 0.3 is 6.03 Å². The van der Waals surface area contributed by atoms with Crippen LogP contribution in [0.5, 0.6) is 0 Å². The Morgan fingerprint density at radius 3 is 2.59 bits per heavy atom. The van der Waals surface area contributed by atoms with Crippen LogP contribution in [0.4, 0.5) is 9.18 Å². The summed E-state index contributed by atoms with van der Waals surface area (Å²) in [6.07, 6.45) is 4.64. The first-order valence-corrected chi connectivity index (χ1v) is 10.6. The minimum absolute atomic E-state index is 0.131. The summed E-state index contributed by atoms with van der Waals surface area (Å²) in [5.74, 6) is 0.169. The van der Waals surface area contributed by atoms with Crippen molar-refractivity contribution in [1.29, 1.82) is 0 Å². The van der Waals surface area contributed by atoms with Crippen LogP contribution in [0.25, 0.3) is 0 Å². The van der Waals surface area contributed by atoms with Gasteiger partial charge in [-0.1, -0.05) is 19.1 Å². The van der Waals surface area contributed by atoms with Crippen LogP contribution in [-0.4, -0.2) is 46.7 Å². The van der Waals surface area contributed by atoms with E-state index < -0.39 is 17.7 Å². The summed E-state index contributed by atoms with van der Waals surface area (Å²) < 4.78 is 13.2. The normalized spacial score (nSPS) is 28.7. The van der Waals surface area contributed by atoms with Crippen molar-refractivity contribution >= 4 is 11.9 Å². The van der Waals surface area contributed by atoms with Gasteiger partial charge < -0.3 is 20.6 Å². The van der Waals surface area contributed by atoms with Crippen LogP contribution in [0, 0.1) is 11.7 Å². The number of benzene rings is 1. The molecule has 1 aliphatic carbocycles. The van der Waals surface area contributed by atoms with Crippen molar-refractivity contribution in [3.63, 3.8) is 0 Å². The number of amides is 3. The maximum atomic E-state index is 13.2. The molecule has 3 N–H and O–H groups in total. The molecule has 3 rings (SSSR count). The molecule has 1 heterocycles. The van der Waals surface area contributed by atoms with Crippen molar-refractivity contribution in [1.82, 2.24) is 15.5 Å². The zero-order valence-corrected chi connectivity index (χ0v) is 17.3. The van der Waals surface area contributed by atoms with E-state index in [4.69, 9.17) is 0 Å². The lowest BCUT2D eigenvalue weighted by Crippen LogP contribution is -2.56. The summed E-state index contributed by atoms with van der Waals surface area (Å²) in [5, 5.41) is 16.1. The van der Waals surface area contributed by atoms with Crippen LogP contribution in [0.15, 0.2) is 24.3 Å². The van der Waals surface area contributed by atoms with E-state index in [1.807, 2.05) is 6.92 Å². The number of piperidine rings is 1. The highest BCUT2D eigenvalue weighted by Gasteiger charge is 2.35. The van der Waals surface area contributed by atoms with Gasteiger partial charge in [0.25, 0.3) is 0 Å². The number of aliphatic hydroxyl groups is 1. The second-order valence-corrected chi connectivity index (χ2v) is 8.69. The number of carbonyl (C=O) groups is 2. The number of halogens is 1. The first-order valence-electron chi connectivity index (χ1n) is 10.6. The second-order valence-electron chi connectivity index (χ2n) is 8.69. The third-order valence-electron chi connectivity index (χ3n) is 6.38. The molecule has 0 aromatic heterocycles. The number of rotatable bonds is 5. The Hall–Kier alpha value is -2.15. The Balaban J connectivity index is 1.53. The van der Waals surface area contributed by atoms with Gasteiger partial charge in [-0.25, -0.2) is 9.18 Å². The van der Waals surface area contributed by atoms with Crippen molar-refractivity contribution in [2.75, 3.05) is 13.1 Å². The molecule has 0 radical (unpaired) electrons. The summed E-state index contributed by atoms with van der Waals surface area (Å²) in [4.78, 5) is 27.0. The zero-order chi connectivity index (χ0) is 21.0. The molecule has 0 spiro atoms. The van der Waals surface area contributed by atoms with Gasteiger partial charge in [-0.2, -0.15) is 0 Å². The fourth-order valence-corrected chi connectivity index (χ4v) is 4.27. The summed E-state index contributed by atoms with van der Waals surface area (Å²) in [5.41, 5.74) is 0.00223. The van der Waals surface area contributed by atoms with Crippen LogP contribution in [-0.2, 0) is 4.79 Å². The van der Waals surface area contributed by atoms with Crippen LogP contribution in [0.2, 0.25) is 0 Å². The fraction of sp³-hybridized carbons (Fsp3) is 0.636. The fourth-order valence-electron chi connectivity index (χ4n) is 4.27. The van der Waals surface area contributed by atoms with Gasteiger partial charge in [-0.05, 0) is 69.1 Å². The zero-order valence-electron chi connectivity index (χ0n) is 17.3. The van der Waals surface area contributed by atoms with Crippen LogP contribution in [0.3, 0.4) is 0 Å². The van der Waals surface area contributed by atoms with E-state index in [1.165, 1.54) is 12.1 Å². The monoisotopic (exact) mass is 405 g/mol. The lowest BCUT2D eigenvalue weighted by atomic mass is 9.79. The Morgan fingerprint density at radius 1 is 1.28 bits per heavy atom. The topological polar surface area (TPSA) is 81.7 Å². The Labute approximate surface area is 171 Å². The first kappa shape index (κ1) is 21.6. The maximum Gasteiger partial charge on any atom is 0.315 e. The molecule has 3 amide bonds. The van der Waals surface area contributed by atoms with E-state index in [0.717, 1.165) is 24.8 Å². The molecule has 2 aliphatic rings. The minimum Gasteiger partial charge on any atom is -0.388 e. The summed E-state index contributed by atoms with van der Waals surface area (Å²) in [6, 6.07) is 4.94. The smallest absolute Gasteiger partial charge is 0.315 e. The average Bonchev–Trinajstić information content (AvgIpc) is 2.71. The molecule has 1 aromatic rings. The molecule has 1 saturated carbocycles. The van der Waals surface area contributed by atoms with E-state index in [1.54, 1.807) is 17.0 Å². The van der Waals surface area contributed by atoms with E-state index in [0.29, 0.717) is 31.7 Å². The summed E-state index contributed by atoms with van der Waals surface area (Å²) in [6.45, 7) is 4.89. The molecule has 1 aliphatic heterocycles. The third-order valence-corrected chi connectivity index (χ3v) is 6.38. The number of likely N-dealkylation sites (tertiary alicyclic amines) is 1. The van der Waals surface area contributed by atoms with Gasteiger partial charge in [0.1, 0.15) is 11.9 Å². The van der Waals surface area contributed by atoms with Crippen molar-refractivity contribution in [3.05, 3.63) is 35.6 Å². The van der Waals surface area contributed by atoms with Gasteiger partial charge in [0, 0.05) is 13.1 Å². The molecule has 2 unspecified atom stereocenters. The molecule has 160 valence electrons. The van der Waals surface area contributed by atoms with E-state index in [-0.39, 0.29) is 24.3 Å². The van der Waals surface area contributed by atoms with Crippen molar-refractivity contribution in [3.8, 4) is 0 Å². The Morgan fingerprint density at radius 2 is 1.93 bits per heavy atom. The average molecular weight is 406 g/mol. The quantitative estimate of drug-likeness (QED) is 0.704. The number of hydrogen-bond donors (Lipinski definition) is 3. The Kier molecular flexibility index (Phi) is 6.77. The van der Waals surface area contributed by atoms with Gasteiger partial charge in [0.05, 0.1) is 11.6 Å². The maximum absolute atomic E-state index is 13.2. The lowest BCUT2D eigenvalue weighted by molar-refractivity contribution is -0.138. The van der Waals surface area contributed by atoms with E-state index in [2.05, 4.69) is 17.6 Å². The highest BCUT2D eigenvalue weighted by molar-refractivity contribution is 5.87. The highest BCUT2D eigenvalue weighted by Crippen LogP contribution is 2.31. The SMILES string of the molecule is CC1CCC(O)(CNC(=O)NC2CCCN(C(C)c3ccc(F)cc3)C2=O)CC1. The van der Waals surface area contributed by atoms with Crippen LogP contribution in [0.1, 0.15) is 64.0 Å². The largest absolute Gasteiger partial charge is 0.388 e. The van der Waals surface area contributed by atoms with Gasteiger partial charge in [-0.3, -0.25) is 4.79 Å². The van der Waals surface area contributed by atoms with Gasteiger partial charge in [0.2, 0.25) is 5.91 Å². The number of carbonyl (C=O) groups excluding carboxylic acids is 2. The molecule has 1 aromatic carbocycles. The standard InChI is InChI=1S/C22H32FN3O3/c1-15-9-11-22(29,12-10-15)14-24-21(28)25-19-4-3-13-26(20(19)27)16(2)17-5-7-18(23)8-6-17/h5-8,15-16,19,29H,3-4,9-14H2,1-2H3,(H2,24,25,28). The lowest BCUT2D eigenvalue weighted by Gasteiger charge is -2.37. The Bertz CT molecular complexity index is 717. The van der Waals surface area contributed by atoms with Crippen LogP contribution < -0.4 is 10.6 Å². The van der Waals surface area contributed by atoms with Crippen molar-refractivity contribution < 1.29 is 19.1 Å². The summed E-state index contributed by atoms with van der Waals surface area (Å²) in [7, 11) is 0. The number of nitrogens with zero attached hydrogens (tertiary/aromatic N) is 1. The van der Waals surface area contributed by atoms with Crippen LogP contribution >= 0.6 is 0 Å². The number of urea groups is 1. The predicted octanol–water partition coefficient (Wildman–Crippen LogP) is 3.12. The van der Waals surface area contributed by atoms with E-state index >= 15 is 0 Å². The number of hydrogen-bond acceptors (Lipinski definition) is 3. The third kappa shape index (κ3) is 5.47. The molecule has 7 heteroatoms. The summed E-state index contributed by atoms with van der Waals surface area (Å²) >= 11 is 0. The molecule has 6 nitrogen and oxygen atoms in total. The van der Waals surface area contributed by atoms with Crippen molar-refractivity contribution in [2.45, 2.75) is 70.1 Å². The minimum atomic E-state index is -0.858. The molecule has 1 saturated heterocycles. The number of nitrogens with one attached hydrogen (secondary N) is 2. The molecular weight excluding hydrogens is 373 g/mol. The first-order chi connectivity index (χ1) is 13.8. The van der Waals surface area contributed by atoms with Gasteiger partial charge in [0.15, 0.2) is 0 Å².